The molecular formula is C13H17FO3. The summed E-state index contributed by atoms with van der Waals surface area (Å²) in [4.78, 5) is 11.9. The normalized spacial score (nSPS) is 11.4. The van der Waals surface area contributed by atoms with E-state index in [0.29, 0.717) is 5.75 Å². The molecule has 0 spiro atoms. The SMILES string of the molecule is COc1ccc(F)cc1C(=O)COC(C)(C)C. The molecule has 94 valence electrons. The van der Waals surface area contributed by atoms with Gasteiger partial charge in [0.1, 0.15) is 18.2 Å². The molecule has 0 aromatic heterocycles. The molecule has 0 saturated carbocycles. The molecule has 0 fully saturated rings. The fourth-order valence-corrected chi connectivity index (χ4v) is 1.26. The summed E-state index contributed by atoms with van der Waals surface area (Å²) in [6.07, 6.45) is 0. The minimum absolute atomic E-state index is 0.0939. The summed E-state index contributed by atoms with van der Waals surface area (Å²) in [5, 5.41) is 0. The largest absolute Gasteiger partial charge is 0.496 e. The zero-order valence-corrected chi connectivity index (χ0v) is 10.5. The van der Waals surface area contributed by atoms with Crippen molar-refractivity contribution in [1.29, 1.82) is 0 Å². The first kappa shape index (κ1) is 13.6. The van der Waals surface area contributed by atoms with Gasteiger partial charge < -0.3 is 9.47 Å². The summed E-state index contributed by atoms with van der Waals surface area (Å²) in [6.45, 7) is 5.46. The number of benzene rings is 1. The molecule has 0 heterocycles. The number of methoxy groups -OCH3 is 1. The molecule has 0 aliphatic heterocycles. The van der Waals surface area contributed by atoms with E-state index in [0.717, 1.165) is 6.07 Å². The van der Waals surface area contributed by atoms with Crippen molar-refractivity contribution >= 4 is 5.78 Å². The Bertz CT molecular complexity index is 408. The number of carbonyl (C=O) groups is 1. The van der Waals surface area contributed by atoms with Gasteiger partial charge in [-0.15, -0.1) is 0 Å². The number of hydrogen-bond donors (Lipinski definition) is 0. The molecule has 17 heavy (non-hydrogen) atoms. The molecule has 1 aromatic rings. The average Bonchev–Trinajstić information content (AvgIpc) is 2.25. The predicted molar refractivity (Wildman–Crippen MR) is 63.0 cm³/mol. The second-order valence-corrected chi connectivity index (χ2v) is 4.67. The zero-order chi connectivity index (χ0) is 13.1. The van der Waals surface area contributed by atoms with Crippen LogP contribution in [0.4, 0.5) is 4.39 Å². The lowest BCUT2D eigenvalue weighted by Crippen LogP contribution is -2.24. The molecule has 0 unspecified atom stereocenters. The molecule has 0 atom stereocenters. The van der Waals surface area contributed by atoms with Crippen molar-refractivity contribution in [3.05, 3.63) is 29.6 Å². The molecule has 0 aliphatic rings. The standard InChI is InChI=1S/C13H17FO3/c1-13(2,3)17-8-11(15)10-7-9(14)5-6-12(10)16-4/h5-7H,8H2,1-4H3. The Labute approximate surface area is 101 Å². The Morgan fingerprint density at radius 3 is 2.53 bits per heavy atom. The molecule has 0 bridgehead atoms. The number of halogens is 1. The number of ether oxygens (including phenoxy) is 2. The molecule has 0 N–H and O–H groups in total. The first-order chi connectivity index (χ1) is 7.83. The highest BCUT2D eigenvalue weighted by Gasteiger charge is 2.17. The van der Waals surface area contributed by atoms with Crippen LogP contribution < -0.4 is 4.74 Å². The summed E-state index contributed by atoms with van der Waals surface area (Å²) in [5.41, 5.74) is -0.201. The molecule has 3 nitrogen and oxygen atoms in total. The highest BCUT2D eigenvalue weighted by molar-refractivity contribution is 5.99. The molecule has 4 heteroatoms. The molecular weight excluding hydrogens is 223 g/mol. The Kier molecular flexibility index (Phi) is 4.23. The van der Waals surface area contributed by atoms with E-state index in [4.69, 9.17) is 9.47 Å². The van der Waals surface area contributed by atoms with E-state index in [1.807, 2.05) is 20.8 Å². The van der Waals surface area contributed by atoms with E-state index in [1.165, 1.54) is 19.2 Å². The van der Waals surface area contributed by atoms with Crippen LogP contribution in [0.1, 0.15) is 31.1 Å². The zero-order valence-electron chi connectivity index (χ0n) is 10.5. The van der Waals surface area contributed by atoms with Crippen molar-refractivity contribution in [2.45, 2.75) is 26.4 Å². The lowest BCUT2D eigenvalue weighted by molar-refractivity contribution is 0.00295. The van der Waals surface area contributed by atoms with Crippen molar-refractivity contribution in [2.75, 3.05) is 13.7 Å². The van der Waals surface area contributed by atoms with Gasteiger partial charge in [-0.25, -0.2) is 4.39 Å². The van der Waals surface area contributed by atoms with E-state index >= 15 is 0 Å². The summed E-state index contributed by atoms with van der Waals surface area (Å²) in [6, 6.07) is 3.84. The monoisotopic (exact) mass is 240 g/mol. The molecule has 0 radical (unpaired) electrons. The minimum atomic E-state index is -0.468. The highest BCUT2D eigenvalue weighted by Crippen LogP contribution is 2.20. The first-order valence-corrected chi connectivity index (χ1v) is 5.34. The number of rotatable bonds is 4. The van der Waals surface area contributed by atoms with E-state index in [1.54, 1.807) is 0 Å². The molecule has 1 aromatic carbocycles. The van der Waals surface area contributed by atoms with Gasteiger partial charge >= 0.3 is 0 Å². The highest BCUT2D eigenvalue weighted by atomic mass is 19.1. The van der Waals surface area contributed by atoms with Gasteiger partial charge in [0.15, 0.2) is 5.78 Å². The van der Waals surface area contributed by atoms with Gasteiger partial charge in [0.25, 0.3) is 0 Å². The Morgan fingerprint density at radius 1 is 1.35 bits per heavy atom. The van der Waals surface area contributed by atoms with Crippen molar-refractivity contribution in [1.82, 2.24) is 0 Å². The van der Waals surface area contributed by atoms with E-state index in [9.17, 15) is 9.18 Å². The maximum Gasteiger partial charge on any atom is 0.192 e. The number of carbonyl (C=O) groups excluding carboxylic acids is 1. The number of Topliss-reactive ketones (excluding diaryl/α,β-unsaturated/α-hetero) is 1. The van der Waals surface area contributed by atoms with Gasteiger partial charge in [-0.3, -0.25) is 4.79 Å². The van der Waals surface area contributed by atoms with Crippen LogP contribution in [-0.2, 0) is 4.74 Å². The van der Waals surface area contributed by atoms with Crippen LogP contribution in [0.3, 0.4) is 0 Å². The predicted octanol–water partition coefficient (Wildman–Crippen LogP) is 2.83. The van der Waals surface area contributed by atoms with Crippen LogP contribution >= 0.6 is 0 Å². The maximum atomic E-state index is 13.1. The van der Waals surface area contributed by atoms with Crippen molar-refractivity contribution in [3.63, 3.8) is 0 Å². The minimum Gasteiger partial charge on any atom is -0.496 e. The van der Waals surface area contributed by atoms with Gasteiger partial charge in [-0.05, 0) is 39.0 Å². The van der Waals surface area contributed by atoms with Crippen LogP contribution in [0.5, 0.6) is 5.75 Å². The second kappa shape index (κ2) is 5.27. The van der Waals surface area contributed by atoms with E-state index in [2.05, 4.69) is 0 Å². The third-order valence-electron chi connectivity index (χ3n) is 2.10. The fraction of sp³-hybridized carbons (Fsp3) is 0.462. The topological polar surface area (TPSA) is 35.5 Å². The van der Waals surface area contributed by atoms with Crippen molar-refractivity contribution in [2.24, 2.45) is 0 Å². The second-order valence-electron chi connectivity index (χ2n) is 4.67. The number of ketones is 1. The first-order valence-electron chi connectivity index (χ1n) is 5.34. The summed E-state index contributed by atoms with van der Waals surface area (Å²) in [7, 11) is 1.44. The maximum absolute atomic E-state index is 13.1. The van der Waals surface area contributed by atoms with Crippen LogP contribution in [0.15, 0.2) is 18.2 Å². The lowest BCUT2D eigenvalue weighted by atomic mass is 10.1. The smallest absolute Gasteiger partial charge is 0.192 e. The van der Waals surface area contributed by atoms with Crippen molar-refractivity contribution < 1.29 is 18.7 Å². The summed E-state index contributed by atoms with van der Waals surface area (Å²) in [5.74, 6) is -0.407. The fourth-order valence-electron chi connectivity index (χ4n) is 1.26. The third-order valence-corrected chi connectivity index (χ3v) is 2.10. The van der Waals surface area contributed by atoms with Crippen LogP contribution in [0, 0.1) is 5.82 Å². The molecule has 1 rings (SSSR count). The van der Waals surface area contributed by atoms with Gasteiger partial charge in [0.05, 0.1) is 18.3 Å². The van der Waals surface area contributed by atoms with Gasteiger partial charge in [-0.1, -0.05) is 0 Å². The van der Waals surface area contributed by atoms with Crippen LogP contribution in [0.2, 0.25) is 0 Å². The molecule has 0 saturated heterocycles. The van der Waals surface area contributed by atoms with Gasteiger partial charge in [0, 0.05) is 0 Å². The van der Waals surface area contributed by atoms with Crippen LogP contribution in [-0.4, -0.2) is 25.1 Å². The van der Waals surface area contributed by atoms with E-state index < -0.39 is 11.4 Å². The Morgan fingerprint density at radius 2 is 2.00 bits per heavy atom. The summed E-state index contributed by atoms with van der Waals surface area (Å²) >= 11 is 0. The molecule has 0 amide bonds. The van der Waals surface area contributed by atoms with Crippen molar-refractivity contribution in [3.8, 4) is 5.75 Å². The Hall–Kier alpha value is -1.42. The summed E-state index contributed by atoms with van der Waals surface area (Å²) < 4.78 is 23.4. The van der Waals surface area contributed by atoms with E-state index in [-0.39, 0.29) is 18.0 Å². The molecule has 0 aliphatic carbocycles. The quantitative estimate of drug-likeness (QED) is 0.759. The Balaban J connectivity index is 2.84. The average molecular weight is 240 g/mol. The third kappa shape index (κ3) is 4.15. The van der Waals surface area contributed by atoms with Gasteiger partial charge in [0.2, 0.25) is 0 Å². The number of hydrogen-bond acceptors (Lipinski definition) is 3. The van der Waals surface area contributed by atoms with Gasteiger partial charge in [-0.2, -0.15) is 0 Å². The lowest BCUT2D eigenvalue weighted by Gasteiger charge is -2.19. The van der Waals surface area contributed by atoms with Crippen LogP contribution in [0.25, 0.3) is 0 Å².